The molecule has 3 aromatic heterocycles. The summed E-state index contributed by atoms with van der Waals surface area (Å²) >= 11 is 0. The van der Waals surface area contributed by atoms with Crippen molar-refractivity contribution in [2.75, 3.05) is 6.61 Å². The molecule has 28 heavy (non-hydrogen) atoms. The number of nitrogens with zero attached hydrogens (tertiary/aromatic N) is 5. The highest BCUT2D eigenvalue weighted by molar-refractivity contribution is 5.76. The van der Waals surface area contributed by atoms with E-state index >= 15 is 0 Å². The molecule has 0 fully saturated rings. The number of rotatable bonds is 4. The van der Waals surface area contributed by atoms with Gasteiger partial charge in [0.2, 0.25) is 0 Å². The van der Waals surface area contributed by atoms with Gasteiger partial charge in [0.25, 0.3) is 0 Å². The Kier molecular flexibility index (Phi) is 4.00. The second-order valence-electron chi connectivity index (χ2n) is 6.90. The van der Waals surface area contributed by atoms with Crippen LogP contribution in [-0.2, 0) is 19.3 Å². The maximum atomic E-state index is 14.4. The Morgan fingerprint density at radius 3 is 3.00 bits per heavy atom. The van der Waals surface area contributed by atoms with Crippen molar-refractivity contribution in [3.8, 4) is 16.9 Å². The van der Waals surface area contributed by atoms with Crippen molar-refractivity contribution >= 4 is 5.65 Å². The van der Waals surface area contributed by atoms with Crippen molar-refractivity contribution in [2.45, 2.75) is 26.2 Å². The van der Waals surface area contributed by atoms with Crippen LogP contribution >= 0.6 is 0 Å². The van der Waals surface area contributed by atoms with E-state index in [0.29, 0.717) is 25.0 Å². The minimum Gasteiger partial charge on any atom is -0.493 e. The molecule has 140 valence electrons. The average molecular weight is 375 g/mol. The molecule has 5 rings (SSSR count). The van der Waals surface area contributed by atoms with Gasteiger partial charge in [0, 0.05) is 42.1 Å². The van der Waals surface area contributed by atoms with Crippen LogP contribution in [0.4, 0.5) is 4.39 Å². The summed E-state index contributed by atoms with van der Waals surface area (Å²) in [5.41, 5.74) is 5.24. The first-order valence-electron chi connectivity index (χ1n) is 9.24. The number of hydrogen-bond acceptors (Lipinski definition) is 5. The van der Waals surface area contributed by atoms with Crippen molar-refractivity contribution in [3.63, 3.8) is 0 Å². The van der Waals surface area contributed by atoms with Gasteiger partial charge in [-0.25, -0.2) is 9.37 Å². The predicted octanol–water partition coefficient (Wildman–Crippen LogP) is 3.35. The van der Waals surface area contributed by atoms with E-state index in [0.717, 1.165) is 46.0 Å². The minimum absolute atomic E-state index is 0.187. The molecule has 0 amide bonds. The van der Waals surface area contributed by atoms with Crippen LogP contribution in [0.5, 0.6) is 5.75 Å². The molecular weight excluding hydrogens is 357 g/mol. The molecule has 0 saturated carbocycles. The number of ether oxygens (including phenoxy) is 1. The fraction of sp³-hybridized carbons (Fsp3) is 0.238. The summed E-state index contributed by atoms with van der Waals surface area (Å²) in [4.78, 5) is 8.87. The van der Waals surface area contributed by atoms with E-state index in [4.69, 9.17) is 4.74 Å². The van der Waals surface area contributed by atoms with Gasteiger partial charge in [0.05, 0.1) is 6.61 Å². The molecule has 0 aliphatic carbocycles. The SMILES string of the molecule is Cc1cc(-c2cnc(CCc3c(F)ccc4c3CCO4)n3cnnc23)ccn1. The van der Waals surface area contributed by atoms with Crippen LogP contribution in [0, 0.1) is 12.7 Å². The Bertz CT molecular complexity index is 1190. The largest absolute Gasteiger partial charge is 0.493 e. The molecule has 0 radical (unpaired) electrons. The van der Waals surface area contributed by atoms with Crippen molar-refractivity contribution < 1.29 is 9.13 Å². The summed E-state index contributed by atoms with van der Waals surface area (Å²) in [6.45, 7) is 2.56. The second kappa shape index (κ2) is 6.67. The Labute approximate surface area is 161 Å². The summed E-state index contributed by atoms with van der Waals surface area (Å²) in [5, 5.41) is 8.34. The van der Waals surface area contributed by atoms with Crippen LogP contribution in [0.3, 0.4) is 0 Å². The zero-order chi connectivity index (χ0) is 19.1. The Hall–Kier alpha value is -3.35. The molecule has 1 aliphatic rings. The minimum atomic E-state index is -0.187. The Morgan fingerprint density at radius 1 is 1.18 bits per heavy atom. The lowest BCUT2D eigenvalue weighted by molar-refractivity contribution is 0.356. The van der Waals surface area contributed by atoms with Gasteiger partial charge in [-0.3, -0.25) is 9.38 Å². The molecule has 1 aliphatic heterocycles. The molecule has 0 unspecified atom stereocenters. The molecule has 1 aromatic carbocycles. The van der Waals surface area contributed by atoms with Gasteiger partial charge in [0.1, 0.15) is 23.7 Å². The molecule has 0 N–H and O–H groups in total. The number of aryl methyl sites for hydroxylation is 2. The third-order valence-corrected chi connectivity index (χ3v) is 5.16. The number of hydrogen-bond donors (Lipinski definition) is 0. The zero-order valence-corrected chi connectivity index (χ0v) is 15.4. The van der Waals surface area contributed by atoms with Gasteiger partial charge < -0.3 is 4.74 Å². The molecule has 0 saturated heterocycles. The first-order valence-corrected chi connectivity index (χ1v) is 9.24. The molecule has 7 heteroatoms. The summed E-state index contributed by atoms with van der Waals surface area (Å²) in [6.07, 6.45) is 7.11. The summed E-state index contributed by atoms with van der Waals surface area (Å²) in [7, 11) is 0. The van der Waals surface area contributed by atoms with Gasteiger partial charge in [-0.2, -0.15) is 0 Å². The average Bonchev–Trinajstić information content (AvgIpc) is 3.36. The van der Waals surface area contributed by atoms with Crippen LogP contribution in [0.2, 0.25) is 0 Å². The van der Waals surface area contributed by atoms with Gasteiger partial charge in [0.15, 0.2) is 5.65 Å². The lowest BCUT2D eigenvalue weighted by Gasteiger charge is -2.11. The van der Waals surface area contributed by atoms with Crippen molar-refractivity contribution in [3.05, 3.63) is 71.4 Å². The summed E-state index contributed by atoms with van der Waals surface area (Å²) < 4.78 is 21.9. The molecule has 4 aromatic rings. The van der Waals surface area contributed by atoms with Gasteiger partial charge in [-0.15, -0.1) is 10.2 Å². The standard InChI is InChI=1S/C21H18FN5O/c1-13-10-14(6-8-23-13)17-11-24-20(27-12-25-26-21(17)27)5-2-15-16-7-9-28-19(16)4-3-18(15)22/h3-4,6,8,10-12H,2,5,7,9H2,1H3. The molecule has 6 nitrogen and oxygen atoms in total. The summed E-state index contributed by atoms with van der Waals surface area (Å²) in [6, 6.07) is 7.12. The van der Waals surface area contributed by atoms with E-state index in [1.165, 1.54) is 6.07 Å². The second-order valence-corrected chi connectivity index (χ2v) is 6.90. The van der Waals surface area contributed by atoms with Gasteiger partial charge in [-0.1, -0.05) is 0 Å². The van der Waals surface area contributed by atoms with Gasteiger partial charge >= 0.3 is 0 Å². The van der Waals surface area contributed by atoms with Crippen LogP contribution in [-0.4, -0.2) is 31.2 Å². The van der Waals surface area contributed by atoms with E-state index in [9.17, 15) is 4.39 Å². The number of benzene rings is 1. The lowest BCUT2D eigenvalue weighted by atomic mass is 10.00. The summed E-state index contributed by atoms with van der Waals surface area (Å²) in [5.74, 6) is 1.40. The first kappa shape index (κ1) is 16.8. The zero-order valence-electron chi connectivity index (χ0n) is 15.4. The fourth-order valence-corrected chi connectivity index (χ4v) is 3.79. The van der Waals surface area contributed by atoms with E-state index in [1.54, 1.807) is 18.6 Å². The normalized spacial score (nSPS) is 12.9. The van der Waals surface area contributed by atoms with Crippen molar-refractivity contribution in [1.82, 2.24) is 24.6 Å². The number of halogens is 1. The van der Waals surface area contributed by atoms with E-state index in [1.807, 2.05) is 29.7 Å². The van der Waals surface area contributed by atoms with Crippen LogP contribution in [0.15, 0.2) is 43.0 Å². The molecular formula is C21H18FN5O. The van der Waals surface area contributed by atoms with E-state index in [2.05, 4.69) is 20.2 Å². The third kappa shape index (κ3) is 2.79. The highest BCUT2D eigenvalue weighted by Crippen LogP contribution is 2.31. The highest BCUT2D eigenvalue weighted by atomic mass is 19.1. The molecule has 0 spiro atoms. The van der Waals surface area contributed by atoms with Crippen molar-refractivity contribution in [1.29, 1.82) is 0 Å². The maximum absolute atomic E-state index is 14.4. The van der Waals surface area contributed by atoms with Crippen molar-refractivity contribution in [2.24, 2.45) is 0 Å². The van der Waals surface area contributed by atoms with E-state index in [-0.39, 0.29) is 5.82 Å². The number of aromatic nitrogens is 5. The number of fused-ring (bicyclic) bond motifs is 2. The monoisotopic (exact) mass is 375 g/mol. The number of pyridine rings is 1. The van der Waals surface area contributed by atoms with Crippen LogP contribution < -0.4 is 4.74 Å². The molecule has 0 atom stereocenters. The predicted molar refractivity (Wildman–Crippen MR) is 102 cm³/mol. The van der Waals surface area contributed by atoms with Gasteiger partial charge in [-0.05, 0) is 48.7 Å². The fourth-order valence-electron chi connectivity index (χ4n) is 3.79. The molecule has 0 bridgehead atoms. The van der Waals surface area contributed by atoms with Crippen LogP contribution in [0.1, 0.15) is 22.6 Å². The smallest absolute Gasteiger partial charge is 0.171 e. The maximum Gasteiger partial charge on any atom is 0.171 e. The quantitative estimate of drug-likeness (QED) is 0.547. The highest BCUT2D eigenvalue weighted by Gasteiger charge is 2.20. The first-order chi connectivity index (χ1) is 13.7. The Morgan fingerprint density at radius 2 is 2.11 bits per heavy atom. The van der Waals surface area contributed by atoms with Crippen LogP contribution in [0.25, 0.3) is 16.8 Å². The third-order valence-electron chi connectivity index (χ3n) is 5.16. The lowest BCUT2D eigenvalue weighted by Crippen LogP contribution is -2.06. The molecule has 4 heterocycles. The van der Waals surface area contributed by atoms with E-state index < -0.39 is 0 Å². The Balaban J connectivity index is 1.50. The topological polar surface area (TPSA) is 65.2 Å².